The number of thioether (sulfide) groups is 1. The molecule has 1 fully saturated rings. The minimum Gasteiger partial charge on any atom is -0.496 e. The zero-order valence-electron chi connectivity index (χ0n) is 15.1. The third-order valence-corrected chi connectivity index (χ3v) is 5.46. The second-order valence-corrected chi connectivity index (χ2v) is 7.10. The van der Waals surface area contributed by atoms with Crippen LogP contribution in [0.15, 0.2) is 58.7 Å². The lowest BCUT2D eigenvalue weighted by Gasteiger charge is -2.15. The lowest BCUT2D eigenvalue weighted by Crippen LogP contribution is -2.31. The molecule has 1 unspecified atom stereocenters. The highest BCUT2D eigenvalue weighted by molar-refractivity contribution is 8.15. The number of carbonyl (C=O) groups excluding carboxylic acids is 1. The van der Waals surface area contributed by atoms with Crippen LogP contribution in [0.3, 0.4) is 0 Å². The van der Waals surface area contributed by atoms with E-state index in [4.69, 9.17) is 4.74 Å². The molecule has 27 heavy (non-hydrogen) atoms. The minimum atomic E-state index is -0.303. The fourth-order valence-corrected chi connectivity index (χ4v) is 3.70. The van der Waals surface area contributed by atoms with Gasteiger partial charge >= 0.3 is 0 Å². The van der Waals surface area contributed by atoms with Crippen LogP contribution in [0.4, 0.5) is 4.39 Å². The molecule has 7 heteroatoms. The van der Waals surface area contributed by atoms with Crippen LogP contribution in [0.5, 0.6) is 5.75 Å². The molecule has 1 atom stereocenters. The first-order chi connectivity index (χ1) is 13.1. The maximum absolute atomic E-state index is 13.1. The van der Waals surface area contributed by atoms with Crippen molar-refractivity contribution in [2.24, 2.45) is 10.2 Å². The van der Waals surface area contributed by atoms with Crippen molar-refractivity contribution in [3.05, 3.63) is 65.5 Å². The lowest BCUT2D eigenvalue weighted by atomic mass is 10.2. The van der Waals surface area contributed by atoms with Gasteiger partial charge in [-0.15, -0.1) is 5.10 Å². The number of carbonyl (C=O) groups is 1. The van der Waals surface area contributed by atoms with Gasteiger partial charge in [0.2, 0.25) is 5.91 Å². The molecule has 0 aliphatic carbocycles. The molecular weight excluding hydrogens is 365 g/mol. The predicted octanol–water partition coefficient (Wildman–Crippen LogP) is 4.08. The first-order valence-corrected chi connectivity index (χ1v) is 9.47. The van der Waals surface area contributed by atoms with Gasteiger partial charge in [0.15, 0.2) is 5.17 Å². The Bertz CT molecular complexity index is 868. The van der Waals surface area contributed by atoms with Gasteiger partial charge in [-0.05, 0) is 36.2 Å². The molecule has 1 aliphatic rings. The summed E-state index contributed by atoms with van der Waals surface area (Å²) in [4.78, 5) is 14.2. The summed E-state index contributed by atoms with van der Waals surface area (Å²) in [7, 11) is 1.60. The summed E-state index contributed by atoms with van der Waals surface area (Å²) in [5.41, 5.74) is 1.64. The molecular formula is C20H20FN3O2S. The van der Waals surface area contributed by atoms with E-state index in [0.717, 1.165) is 11.1 Å². The highest BCUT2D eigenvalue weighted by atomic mass is 32.2. The summed E-state index contributed by atoms with van der Waals surface area (Å²) in [6.07, 6.45) is 2.31. The average Bonchev–Trinajstić information content (AvgIpc) is 2.99. The van der Waals surface area contributed by atoms with Crippen LogP contribution in [-0.4, -0.2) is 34.5 Å². The number of nitrogens with zero attached hydrogens (tertiary/aromatic N) is 3. The fraction of sp³-hybridized carbons (Fsp3) is 0.250. The Morgan fingerprint density at radius 2 is 1.96 bits per heavy atom. The van der Waals surface area contributed by atoms with Gasteiger partial charge in [0.05, 0.1) is 25.1 Å². The van der Waals surface area contributed by atoms with E-state index in [1.165, 1.54) is 23.9 Å². The molecule has 1 amide bonds. The molecule has 0 spiro atoms. The molecule has 2 aromatic carbocycles. The zero-order valence-corrected chi connectivity index (χ0v) is 15.9. The van der Waals surface area contributed by atoms with E-state index in [1.807, 2.05) is 31.2 Å². The van der Waals surface area contributed by atoms with Gasteiger partial charge in [0.25, 0.3) is 0 Å². The van der Waals surface area contributed by atoms with Crippen LogP contribution in [0.25, 0.3) is 0 Å². The number of amidine groups is 1. The van der Waals surface area contributed by atoms with Gasteiger partial charge in [-0.1, -0.05) is 43.0 Å². The van der Waals surface area contributed by atoms with Crippen LogP contribution in [0.2, 0.25) is 0 Å². The van der Waals surface area contributed by atoms with E-state index in [1.54, 1.807) is 30.4 Å². The molecule has 5 nitrogen and oxygen atoms in total. The van der Waals surface area contributed by atoms with Crippen molar-refractivity contribution in [1.82, 2.24) is 4.90 Å². The Labute approximate surface area is 161 Å². The van der Waals surface area contributed by atoms with Crippen LogP contribution in [0, 0.1) is 5.82 Å². The van der Waals surface area contributed by atoms with E-state index >= 15 is 0 Å². The van der Waals surface area contributed by atoms with Crippen molar-refractivity contribution in [3.8, 4) is 5.75 Å². The average molecular weight is 385 g/mol. The number of para-hydroxylation sites is 1. The molecule has 1 aliphatic heterocycles. The lowest BCUT2D eigenvalue weighted by molar-refractivity contribution is -0.126. The van der Waals surface area contributed by atoms with Crippen LogP contribution >= 0.6 is 11.8 Å². The third-order valence-electron chi connectivity index (χ3n) is 4.12. The van der Waals surface area contributed by atoms with E-state index in [2.05, 4.69) is 10.2 Å². The molecule has 0 bridgehead atoms. The largest absolute Gasteiger partial charge is 0.496 e. The minimum absolute atomic E-state index is 0.00179. The number of benzene rings is 2. The van der Waals surface area contributed by atoms with Crippen LogP contribution in [-0.2, 0) is 11.3 Å². The molecule has 0 N–H and O–H groups in total. The zero-order chi connectivity index (χ0) is 19.2. The summed E-state index contributed by atoms with van der Waals surface area (Å²) in [5.74, 6) is 0.395. The summed E-state index contributed by atoms with van der Waals surface area (Å²) in [6, 6.07) is 13.6. The second-order valence-electron chi connectivity index (χ2n) is 5.93. The summed E-state index contributed by atoms with van der Waals surface area (Å²) < 4.78 is 18.4. The Hall–Kier alpha value is -2.67. The fourth-order valence-electron chi connectivity index (χ4n) is 2.68. The number of hydrogen-bond donors (Lipinski definition) is 0. The SMILES string of the molecule is CCC1S/C(=N/N=C/c2ccccc2OC)N(Cc2ccc(F)cc2)C1=O. The van der Waals surface area contributed by atoms with E-state index in [0.29, 0.717) is 23.9 Å². The Balaban J connectivity index is 1.82. The Morgan fingerprint density at radius 1 is 1.22 bits per heavy atom. The normalized spacial score (nSPS) is 18.6. The van der Waals surface area contributed by atoms with E-state index < -0.39 is 0 Å². The van der Waals surface area contributed by atoms with Crippen LogP contribution in [0.1, 0.15) is 24.5 Å². The predicted molar refractivity (Wildman–Crippen MR) is 107 cm³/mol. The van der Waals surface area contributed by atoms with Crippen molar-refractivity contribution < 1.29 is 13.9 Å². The summed E-state index contributed by atoms with van der Waals surface area (Å²) in [6.45, 7) is 2.30. The summed E-state index contributed by atoms with van der Waals surface area (Å²) >= 11 is 1.40. The molecule has 2 aromatic rings. The van der Waals surface area contributed by atoms with E-state index in [-0.39, 0.29) is 17.0 Å². The maximum atomic E-state index is 13.1. The van der Waals surface area contributed by atoms with Gasteiger partial charge in [-0.2, -0.15) is 5.10 Å². The van der Waals surface area contributed by atoms with Crippen molar-refractivity contribution in [2.45, 2.75) is 25.1 Å². The molecule has 0 radical (unpaired) electrons. The highest BCUT2D eigenvalue weighted by Gasteiger charge is 2.36. The quantitative estimate of drug-likeness (QED) is 0.556. The second kappa shape index (κ2) is 8.81. The Kier molecular flexibility index (Phi) is 6.24. The van der Waals surface area contributed by atoms with Crippen molar-refractivity contribution in [1.29, 1.82) is 0 Å². The molecule has 0 aromatic heterocycles. The number of ether oxygens (including phenoxy) is 1. The first kappa shape index (κ1) is 19.1. The van der Waals surface area contributed by atoms with Crippen molar-refractivity contribution >= 4 is 29.1 Å². The highest BCUT2D eigenvalue weighted by Crippen LogP contribution is 2.30. The molecule has 3 rings (SSSR count). The van der Waals surface area contributed by atoms with Crippen molar-refractivity contribution in [3.63, 3.8) is 0 Å². The number of halogens is 1. The smallest absolute Gasteiger partial charge is 0.242 e. The van der Waals surface area contributed by atoms with Gasteiger partial charge in [-0.25, -0.2) is 4.39 Å². The van der Waals surface area contributed by atoms with Crippen molar-refractivity contribution in [2.75, 3.05) is 7.11 Å². The van der Waals surface area contributed by atoms with Crippen LogP contribution < -0.4 is 4.74 Å². The van der Waals surface area contributed by atoms with Gasteiger partial charge < -0.3 is 4.74 Å². The number of methoxy groups -OCH3 is 1. The Morgan fingerprint density at radius 3 is 2.67 bits per heavy atom. The van der Waals surface area contributed by atoms with E-state index in [9.17, 15) is 9.18 Å². The number of hydrogen-bond acceptors (Lipinski definition) is 5. The van der Waals surface area contributed by atoms with Gasteiger partial charge in [-0.3, -0.25) is 9.69 Å². The maximum Gasteiger partial charge on any atom is 0.242 e. The molecule has 140 valence electrons. The monoisotopic (exact) mass is 385 g/mol. The van der Waals surface area contributed by atoms with Gasteiger partial charge in [0.1, 0.15) is 11.6 Å². The first-order valence-electron chi connectivity index (χ1n) is 8.59. The molecule has 1 heterocycles. The van der Waals surface area contributed by atoms with Gasteiger partial charge in [0, 0.05) is 5.56 Å². The number of rotatable bonds is 6. The number of amides is 1. The molecule has 1 saturated heterocycles. The standard InChI is InChI=1S/C20H20FN3O2S/c1-3-18-19(25)24(13-14-8-10-16(21)11-9-14)20(27-18)23-22-12-15-6-4-5-7-17(15)26-2/h4-12,18H,3,13H2,1-2H3/b22-12+,23-20+. The summed E-state index contributed by atoms with van der Waals surface area (Å²) in [5, 5.41) is 8.78. The topological polar surface area (TPSA) is 54.3 Å². The molecule has 0 saturated carbocycles. The third kappa shape index (κ3) is 4.54.